The van der Waals surface area contributed by atoms with Gasteiger partial charge in [-0.05, 0) is 32.2 Å². The Morgan fingerprint density at radius 3 is 3.00 bits per heavy atom. The van der Waals surface area contributed by atoms with Gasteiger partial charge < -0.3 is 10.6 Å². The van der Waals surface area contributed by atoms with Crippen LogP contribution >= 0.6 is 11.8 Å². The summed E-state index contributed by atoms with van der Waals surface area (Å²) < 4.78 is 29.9. The van der Waals surface area contributed by atoms with Crippen LogP contribution in [0.3, 0.4) is 0 Å². The van der Waals surface area contributed by atoms with Gasteiger partial charge in [0.25, 0.3) is 4.33 Å². The molecular weight excluding hydrogens is 274 g/mol. The van der Waals surface area contributed by atoms with E-state index in [2.05, 4.69) is 17.6 Å². The molecule has 0 saturated heterocycles. The molecular formula is C10H19N3O3S2. The minimum atomic E-state index is -4.33. The van der Waals surface area contributed by atoms with Crippen molar-refractivity contribution < 1.29 is 13.0 Å². The summed E-state index contributed by atoms with van der Waals surface area (Å²) in [7, 11) is -4.33. The van der Waals surface area contributed by atoms with Crippen LogP contribution in [0.25, 0.3) is 0 Å². The lowest BCUT2D eigenvalue weighted by Crippen LogP contribution is -2.53. The number of allylic oxidation sites excluding steroid dienone is 1. The van der Waals surface area contributed by atoms with Crippen LogP contribution < -0.4 is 16.4 Å². The van der Waals surface area contributed by atoms with E-state index in [9.17, 15) is 8.42 Å². The highest BCUT2D eigenvalue weighted by molar-refractivity contribution is 8.15. The van der Waals surface area contributed by atoms with Gasteiger partial charge in [0.15, 0.2) is 0 Å². The predicted octanol–water partition coefficient (Wildman–Crippen LogP) is 0.544. The molecule has 1 aliphatic carbocycles. The average molecular weight is 293 g/mol. The summed E-state index contributed by atoms with van der Waals surface area (Å²) in [5.41, 5.74) is 6.55. The summed E-state index contributed by atoms with van der Waals surface area (Å²) in [5, 5.41) is 6.16. The topological polar surface area (TPSA) is 104 Å². The maximum Gasteiger partial charge on any atom is 0.314 e. The van der Waals surface area contributed by atoms with E-state index >= 15 is 0 Å². The minimum Gasteiger partial charge on any atom is -0.347 e. The van der Waals surface area contributed by atoms with Crippen LogP contribution in [0.5, 0.6) is 0 Å². The molecule has 104 valence electrons. The largest absolute Gasteiger partial charge is 0.347 e. The van der Waals surface area contributed by atoms with Crippen LogP contribution in [-0.2, 0) is 10.1 Å². The van der Waals surface area contributed by atoms with Crippen LogP contribution in [0.2, 0.25) is 0 Å². The number of hydrogen-bond acceptors (Lipinski definition) is 6. The summed E-state index contributed by atoms with van der Waals surface area (Å²) in [6.07, 6.45) is 3.55. The third-order valence-electron chi connectivity index (χ3n) is 3.18. The van der Waals surface area contributed by atoms with Gasteiger partial charge in [-0.3, -0.25) is 10.3 Å². The van der Waals surface area contributed by atoms with Gasteiger partial charge in [-0.25, -0.2) is 0 Å². The Hall–Kier alpha value is -0.280. The second kappa shape index (κ2) is 5.01. The highest BCUT2D eigenvalue weighted by Crippen LogP contribution is 2.44. The zero-order valence-corrected chi connectivity index (χ0v) is 11.9. The summed E-state index contributed by atoms with van der Waals surface area (Å²) in [4.78, 5) is 0.940. The molecule has 0 radical (unpaired) electrons. The Morgan fingerprint density at radius 2 is 2.39 bits per heavy atom. The number of thioether (sulfide) groups is 1. The van der Waals surface area contributed by atoms with E-state index < -0.39 is 14.4 Å². The van der Waals surface area contributed by atoms with E-state index in [4.69, 9.17) is 10.3 Å². The van der Waals surface area contributed by atoms with E-state index in [1.54, 1.807) is 0 Å². The highest BCUT2D eigenvalue weighted by Gasteiger charge is 2.47. The van der Waals surface area contributed by atoms with Crippen molar-refractivity contribution in [2.75, 3.05) is 6.54 Å². The average Bonchev–Trinajstić information content (AvgIpc) is 2.62. The van der Waals surface area contributed by atoms with Gasteiger partial charge in [0, 0.05) is 16.6 Å². The first-order valence-electron chi connectivity index (χ1n) is 6.04. The molecule has 0 bridgehead atoms. The molecule has 0 spiro atoms. The molecule has 2 aliphatic rings. The summed E-state index contributed by atoms with van der Waals surface area (Å²) in [5.74, 6) is 0. The second-order valence-electron chi connectivity index (χ2n) is 4.67. The lowest BCUT2D eigenvalue weighted by molar-refractivity contribution is 0.438. The lowest BCUT2D eigenvalue weighted by Gasteiger charge is -2.23. The van der Waals surface area contributed by atoms with Crippen molar-refractivity contribution in [3.05, 3.63) is 10.6 Å². The molecule has 1 heterocycles. The molecule has 2 unspecified atom stereocenters. The molecule has 0 saturated carbocycles. The van der Waals surface area contributed by atoms with E-state index in [0.29, 0.717) is 6.04 Å². The predicted molar refractivity (Wildman–Crippen MR) is 72.2 cm³/mol. The molecule has 8 heteroatoms. The van der Waals surface area contributed by atoms with Crippen LogP contribution in [0, 0.1) is 0 Å². The molecule has 5 N–H and O–H groups in total. The summed E-state index contributed by atoms with van der Waals surface area (Å²) in [6.45, 7) is 3.06. The first kappa shape index (κ1) is 14.1. The van der Waals surface area contributed by atoms with Gasteiger partial charge in [0.05, 0.1) is 0 Å². The fourth-order valence-electron chi connectivity index (χ4n) is 2.20. The quantitative estimate of drug-likeness (QED) is 0.561. The Labute approximate surface area is 112 Å². The molecule has 6 nitrogen and oxygen atoms in total. The molecule has 0 amide bonds. The SMILES string of the molecule is CCCNC1CCC2=C(C1)SC(N)(S(=O)(=O)O)N2. The van der Waals surface area contributed by atoms with Gasteiger partial charge >= 0.3 is 10.1 Å². The summed E-state index contributed by atoms with van der Waals surface area (Å²) >= 11 is 1.01. The van der Waals surface area contributed by atoms with Crippen molar-refractivity contribution in [1.29, 1.82) is 0 Å². The first-order valence-corrected chi connectivity index (χ1v) is 8.30. The number of hydrogen-bond donors (Lipinski definition) is 4. The fraction of sp³-hybridized carbons (Fsp3) is 0.800. The Balaban J connectivity index is 2.04. The molecule has 0 fully saturated rings. The lowest BCUT2D eigenvalue weighted by atomic mass is 9.99. The van der Waals surface area contributed by atoms with Crippen molar-refractivity contribution in [2.24, 2.45) is 5.73 Å². The molecule has 2 rings (SSSR count). The molecule has 0 aromatic heterocycles. The van der Waals surface area contributed by atoms with Gasteiger partial charge in [-0.15, -0.1) is 0 Å². The third kappa shape index (κ3) is 2.67. The summed E-state index contributed by atoms with van der Waals surface area (Å²) in [6, 6.07) is 0.363. The van der Waals surface area contributed by atoms with E-state index in [1.807, 2.05) is 0 Å². The number of nitrogens with one attached hydrogen (secondary N) is 2. The zero-order chi connectivity index (χ0) is 13.4. The van der Waals surface area contributed by atoms with Gasteiger partial charge in [-0.2, -0.15) is 8.42 Å². The normalized spacial score (nSPS) is 32.3. The van der Waals surface area contributed by atoms with E-state index in [1.165, 1.54) is 0 Å². The fourth-order valence-corrected chi connectivity index (χ4v) is 4.28. The van der Waals surface area contributed by atoms with Gasteiger partial charge in [0.1, 0.15) is 0 Å². The van der Waals surface area contributed by atoms with E-state index in [-0.39, 0.29) is 0 Å². The zero-order valence-electron chi connectivity index (χ0n) is 10.3. The van der Waals surface area contributed by atoms with Gasteiger partial charge in [0.2, 0.25) is 0 Å². The standard InChI is InChI=1S/C10H19N3O3S2/c1-2-5-12-7-3-4-8-9(6-7)17-10(11,13-8)18(14,15)16/h7,12-13H,2-6,11H2,1H3,(H,14,15,16). The second-order valence-corrected chi connectivity index (χ2v) is 7.86. The molecule has 18 heavy (non-hydrogen) atoms. The number of rotatable bonds is 4. The molecule has 2 atom stereocenters. The van der Waals surface area contributed by atoms with Gasteiger partial charge in [-0.1, -0.05) is 18.7 Å². The van der Waals surface area contributed by atoms with Crippen LogP contribution in [-0.4, -0.2) is 29.9 Å². The van der Waals surface area contributed by atoms with Crippen LogP contribution in [0.4, 0.5) is 0 Å². The van der Waals surface area contributed by atoms with Crippen molar-refractivity contribution in [3.8, 4) is 0 Å². The number of nitrogens with two attached hydrogens (primary N) is 1. The van der Waals surface area contributed by atoms with Crippen molar-refractivity contribution in [3.63, 3.8) is 0 Å². The molecule has 1 aliphatic heterocycles. The van der Waals surface area contributed by atoms with E-state index in [0.717, 1.165) is 54.6 Å². The maximum absolute atomic E-state index is 11.3. The molecule has 0 aromatic rings. The third-order valence-corrected chi connectivity index (χ3v) is 5.99. The Bertz CT molecular complexity index is 463. The monoisotopic (exact) mass is 293 g/mol. The Morgan fingerprint density at radius 1 is 1.67 bits per heavy atom. The van der Waals surface area contributed by atoms with Crippen molar-refractivity contribution in [2.45, 2.75) is 43.0 Å². The Kier molecular flexibility index (Phi) is 3.93. The minimum absolute atomic E-state index is 0.363. The first-order chi connectivity index (χ1) is 8.36. The van der Waals surface area contributed by atoms with Crippen molar-refractivity contribution >= 4 is 21.9 Å². The highest BCUT2D eigenvalue weighted by atomic mass is 32.3. The van der Waals surface area contributed by atoms with Crippen LogP contribution in [0.1, 0.15) is 32.6 Å². The smallest absolute Gasteiger partial charge is 0.314 e. The van der Waals surface area contributed by atoms with Crippen LogP contribution in [0.15, 0.2) is 10.6 Å². The maximum atomic E-state index is 11.3. The molecule has 0 aromatic carbocycles. The van der Waals surface area contributed by atoms with Crippen molar-refractivity contribution in [1.82, 2.24) is 10.6 Å².